The Morgan fingerprint density at radius 3 is 2.18 bits per heavy atom. The molecule has 1 aliphatic heterocycles. The minimum atomic E-state index is 0. The smallest absolute Gasteiger partial charge is 0.320 e. The Labute approximate surface area is 179 Å². The molecule has 0 spiro atoms. The molecule has 1 aliphatic rings. The number of hydrogen-bond donors (Lipinski definition) is 0. The Hall–Kier alpha value is -2.81. The van der Waals surface area contributed by atoms with Gasteiger partial charge in [0.1, 0.15) is 0 Å². The van der Waals surface area contributed by atoms with Gasteiger partial charge < -0.3 is 9.89 Å². The zero-order valence-corrected chi connectivity index (χ0v) is 17.5. The van der Waals surface area contributed by atoms with Gasteiger partial charge in [-0.3, -0.25) is 0 Å². The maximum atomic E-state index is 4.52. The molecule has 0 saturated heterocycles. The molecule has 0 fully saturated rings. The maximum Gasteiger partial charge on any atom is 0.320 e. The van der Waals surface area contributed by atoms with Crippen LogP contribution in [0.4, 0.5) is 0 Å². The number of fused-ring (bicyclic) bond motifs is 1. The van der Waals surface area contributed by atoms with Crippen LogP contribution in [0.1, 0.15) is 5.56 Å². The van der Waals surface area contributed by atoms with Crippen molar-refractivity contribution in [2.24, 2.45) is 4.90 Å². The molecule has 2 heterocycles. The Balaban J connectivity index is 0.000000159. The average molecular weight is 536 g/mol. The van der Waals surface area contributed by atoms with E-state index in [2.05, 4.69) is 46.3 Å². The van der Waals surface area contributed by atoms with Gasteiger partial charge in [0, 0.05) is 32.5 Å². The Kier molecular flexibility index (Phi) is 7.08. The Morgan fingerprint density at radius 1 is 0.714 bits per heavy atom. The summed E-state index contributed by atoms with van der Waals surface area (Å²) < 4.78 is 0. The number of rotatable bonds is 2. The second-order valence-corrected chi connectivity index (χ2v) is 6.12. The largest absolute Gasteiger partial charge is 0.338 e. The van der Waals surface area contributed by atoms with Gasteiger partial charge in [-0.05, 0) is 22.8 Å². The summed E-state index contributed by atoms with van der Waals surface area (Å²) in [5, 5.41) is 0. The van der Waals surface area contributed by atoms with Crippen LogP contribution < -0.4 is 10.9 Å². The van der Waals surface area contributed by atoms with Gasteiger partial charge in [0.25, 0.3) is 0 Å². The van der Waals surface area contributed by atoms with Crippen LogP contribution in [0.3, 0.4) is 0 Å². The van der Waals surface area contributed by atoms with Crippen molar-refractivity contribution in [2.45, 2.75) is 0 Å². The monoisotopic (exact) mass is 537 g/mol. The molecule has 0 saturated carbocycles. The third-order valence-electron chi connectivity index (χ3n) is 4.33. The maximum absolute atomic E-state index is 4.52. The number of benzene rings is 3. The molecule has 3 aromatic carbocycles. The Morgan fingerprint density at radius 2 is 1.46 bits per heavy atom. The predicted molar refractivity (Wildman–Crippen MR) is 113 cm³/mol. The first-order chi connectivity index (χ1) is 13.4. The van der Waals surface area contributed by atoms with Crippen LogP contribution in [0.15, 0.2) is 102 Å². The number of aromatic nitrogens is 1. The normalized spacial score (nSPS) is 11.1. The molecule has 0 aliphatic carbocycles. The molecule has 0 unspecified atom stereocenters. The van der Waals surface area contributed by atoms with E-state index < -0.39 is 0 Å². The number of pyridine rings is 1. The van der Waals surface area contributed by atoms with E-state index in [0.717, 1.165) is 16.7 Å². The topological polar surface area (TPSA) is 25.2 Å². The summed E-state index contributed by atoms with van der Waals surface area (Å²) >= 11 is 0. The second-order valence-electron chi connectivity index (χ2n) is 6.12. The van der Waals surface area contributed by atoms with Crippen molar-refractivity contribution < 1.29 is 20.1 Å². The van der Waals surface area contributed by atoms with Gasteiger partial charge in [-0.15, -0.1) is 35.9 Å². The van der Waals surface area contributed by atoms with Crippen LogP contribution in [0.25, 0.3) is 11.3 Å². The van der Waals surface area contributed by atoms with E-state index in [0.29, 0.717) is 0 Å². The molecule has 0 N–H and O–H groups in total. The number of hydrogen-bond acceptors (Lipinski definition) is 2. The van der Waals surface area contributed by atoms with Crippen molar-refractivity contribution in [1.29, 1.82) is 0 Å². The van der Waals surface area contributed by atoms with Crippen molar-refractivity contribution in [3.05, 3.63) is 115 Å². The van der Waals surface area contributed by atoms with Crippen LogP contribution in [-0.4, -0.2) is 18.0 Å². The van der Waals surface area contributed by atoms with Gasteiger partial charge in [0.05, 0.1) is 0 Å². The van der Waals surface area contributed by atoms with E-state index in [9.17, 15) is 0 Å². The van der Waals surface area contributed by atoms with Crippen LogP contribution in [0.5, 0.6) is 0 Å². The van der Waals surface area contributed by atoms with Crippen molar-refractivity contribution >= 4 is 24.0 Å². The summed E-state index contributed by atoms with van der Waals surface area (Å²) in [6, 6.07) is 36.4. The van der Waals surface area contributed by atoms with Crippen LogP contribution in [0.2, 0.25) is 0 Å². The van der Waals surface area contributed by atoms with Crippen molar-refractivity contribution in [1.82, 2.24) is 4.98 Å². The van der Waals surface area contributed by atoms with Gasteiger partial charge in [0.2, 0.25) is 0 Å². The second kappa shape index (κ2) is 9.94. The first-order valence-corrected chi connectivity index (χ1v) is 8.88. The molecule has 0 bridgehead atoms. The summed E-state index contributed by atoms with van der Waals surface area (Å²) in [5.41, 5.74) is 5.65. The van der Waals surface area contributed by atoms with E-state index in [-0.39, 0.29) is 27.0 Å². The first kappa shape index (κ1) is 19.9. The third-order valence-corrected chi connectivity index (χ3v) is 4.33. The zero-order valence-electron chi connectivity index (χ0n) is 15.1. The predicted octanol–water partition coefficient (Wildman–Crippen LogP) is 3.57. The van der Waals surface area contributed by atoms with Crippen LogP contribution in [0, 0.1) is 12.1 Å². The summed E-state index contributed by atoms with van der Waals surface area (Å²) in [6.07, 6.45) is 3.73. The molecule has 0 amide bonds. The van der Waals surface area contributed by atoms with Gasteiger partial charge in [-0.1, -0.05) is 36.4 Å². The van der Waals surface area contributed by atoms with E-state index in [1.54, 1.807) is 6.20 Å². The van der Waals surface area contributed by atoms with Gasteiger partial charge in [-0.25, -0.2) is 0 Å². The zero-order chi connectivity index (χ0) is 18.3. The molecule has 5 rings (SSSR count). The first-order valence-electron chi connectivity index (χ1n) is 8.88. The molecule has 1 radical (unpaired) electrons. The van der Waals surface area contributed by atoms with Crippen molar-refractivity contribution in [3.8, 4) is 11.3 Å². The fourth-order valence-electron chi connectivity index (χ4n) is 3.01. The fourth-order valence-corrected chi connectivity index (χ4v) is 3.01. The van der Waals surface area contributed by atoms with E-state index in [1.165, 1.54) is 11.0 Å². The number of nitrogens with zero attached hydrogens (tertiary/aromatic N) is 2. The molecular formula is C24H17BIrN2-2. The molecule has 137 valence electrons. The summed E-state index contributed by atoms with van der Waals surface area (Å²) in [5.74, 6) is 0. The minimum absolute atomic E-state index is 0. The van der Waals surface area contributed by atoms with Crippen LogP contribution in [-0.2, 0) is 20.1 Å². The molecular weight excluding hydrogens is 519 g/mol. The molecule has 0 atom stereocenters. The fraction of sp³-hybridized carbons (Fsp3) is 0. The molecule has 1 aromatic heterocycles. The molecule has 2 nitrogen and oxygen atoms in total. The molecule has 4 aromatic rings. The van der Waals surface area contributed by atoms with E-state index in [4.69, 9.17) is 0 Å². The summed E-state index contributed by atoms with van der Waals surface area (Å²) in [4.78, 5) is 8.74. The van der Waals surface area contributed by atoms with Gasteiger partial charge >= 0.3 is 6.85 Å². The molecule has 4 heteroatoms. The summed E-state index contributed by atoms with van der Waals surface area (Å²) in [7, 11) is 0. The van der Waals surface area contributed by atoms with Crippen LogP contribution >= 0.6 is 0 Å². The SMILES string of the molecule is [Ir].[c-]1ccccc1-c1ccccn1.[c-]1ccccc1B1N=Cc2ccccc21. The third kappa shape index (κ3) is 4.72. The average Bonchev–Trinajstić information content (AvgIpc) is 3.20. The van der Waals surface area contributed by atoms with Crippen molar-refractivity contribution in [2.75, 3.05) is 0 Å². The van der Waals surface area contributed by atoms with E-state index >= 15 is 0 Å². The Bertz CT molecular complexity index is 984. The summed E-state index contributed by atoms with van der Waals surface area (Å²) in [6.45, 7) is 0.141. The standard InChI is InChI=1S/C13H9BN.C11H8N.Ir/c1-2-7-12(8-3-1)14-13-9-5-4-6-11(13)10-15-14;1-2-6-10(7-3-1)11-8-4-5-9-12-11;/h1-7,9-10H;1-6,8-9H;/q2*-1;. The van der Waals surface area contributed by atoms with E-state index in [1.807, 2.05) is 72.9 Å². The van der Waals surface area contributed by atoms with Gasteiger partial charge in [-0.2, -0.15) is 35.8 Å². The minimum Gasteiger partial charge on any atom is -0.338 e. The van der Waals surface area contributed by atoms with Gasteiger partial charge in [0.15, 0.2) is 0 Å². The van der Waals surface area contributed by atoms with Crippen molar-refractivity contribution in [3.63, 3.8) is 0 Å². The quantitative estimate of drug-likeness (QED) is 0.284. The molecule has 28 heavy (non-hydrogen) atoms.